The van der Waals surface area contributed by atoms with Crippen LogP contribution in [0.2, 0.25) is 0 Å². The third-order valence-corrected chi connectivity index (χ3v) is 4.26. The van der Waals surface area contributed by atoms with E-state index in [1.165, 1.54) is 12.1 Å². The predicted molar refractivity (Wildman–Crippen MR) is 84.6 cm³/mol. The molecule has 4 nitrogen and oxygen atoms in total. The van der Waals surface area contributed by atoms with Gasteiger partial charge in [-0.1, -0.05) is 24.3 Å². The van der Waals surface area contributed by atoms with Gasteiger partial charge >= 0.3 is 0 Å². The van der Waals surface area contributed by atoms with Crippen molar-refractivity contribution in [1.82, 2.24) is 4.90 Å². The van der Waals surface area contributed by atoms with E-state index < -0.39 is 11.6 Å². The van der Waals surface area contributed by atoms with Gasteiger partial charge in [-0.05, 0) is 36.6 Å². The Kier molecular flexibility index (Phi) is 4.30. The monoisotopic (exact) mass is 315 g/mol. The lowest BCUT2D eigenvalue weighted by Gasteiger charge is -2.23. The highest BCUT2D eigenvalue weighted by atomic mass is 19.1. The number of benzene rings is 2. The van der Waals surface area contributed by atoms with Crippen LogP contribution in [0.5, 0.6) is 5.75 Å². The number of phenolic OH excluding ortho intramolecular Hbond substituents is 1. The summed E-state index contributed by atoms with van der Waals surface area (Å²) in [5, 5.41) is 19.2. The molecule has 1 saturated heterocycles. The van der Waals surface area contributed by atoms with E-state index in [-0.39, 0.29) is 18.6 Å². The van der Waals surface area contributed by atoms with Crippen LogP contribution in [0.4, 0.5) is 4.39 Å². The molecule has 1 atom stereocenters. The number of hydrogen-bond acceptors (Lipinski definition) is 3. The van der Waals surface area contributed by atoms with E-state index in [0.29, 0.717) is 23.2 Å². The van der Waals surface area contributed by atoms with Crippen molar-refractivity contribution in [3.63, 3.8) is 0 Å². The maximum Gasteiger partial charge on any atom is 0.254 e. The van der Waals surface area contributed by atoms with Crippen molar-refractivity contribution in [3.05, 3.63) is 53.8 Å². The average molecular weight is 315 g/mol. The zero-order valence-electron chi connectivity index (χ0n) is 12.6. The van der Waals surface area contributed by atoms with Gasteiger partial charge in [0.2, 0.25) is 0 Å². The van der Waals surface area contributed by atoms with Crippen LogP contribution in [0.25, 0.3) is 11.1 Å². The SMILES string of the molecule is O=C(c1cccc(-c2cccc(F)c2O)c1)N1CCC[C@H]1CO. The summed E-state index contributed by atoms with van der Waals surface area (Å²) in [6.45, 7) is 0.579. The smallest absolute Gasteiger partial charge is 0.254 e. The minimum absolute atomic E-state index is 0.0455. The van der Waals surface area contributed by atoms with Gasteiger partial charge in [-0.15, -0.1) is 0 Å². The van der Waals surface area contributed by atoms with Crippen molar-refractivity contribution >= 4 is 5.91 Å². The zero-order valence-corrected chi connectivity index (χ0v) is 12.6. The number of para-hydroxylation sites is 1. The molecule has 5 heteroatoms. The molecule has 1 amide bonds. The topological polar surface area (TPSA) is 60.8 Å². The van der Waals surface area contributed by atoms with Gasteiger partial charge in [0.1, 0.15) is 0 Å². The van der Waals surface area contributed by atoms with Crippen LogP contribution in [0.3, 0.4) is 0 Å². The van der Waals surface area contributed by atoms with Crippen LogP contribution in [-0.2, 0) is 0 Å². The quantitative estimate of drug-likeness (QED) is 0.915. The summed E-state index contributed by atoms with van der Waals surface area (Å²) in [7, 11) is 0. The first-order chi connectivity index (χ1) is 11.1. The van der Waals surface area contributed by atoms with Crippen LogP contribution < -0.4 is 0 Å². The fourth-order valence-electron chi connectivity index (χ4n) is 3.03. The molecule has 0 bridgehead atoms. The number of carbonyl (C=O) groups is 1. The fourth-order valence-corrected chi connectivity index (χ4v) is 3.03. The second kappa shape index (κ2) is 6.38. The molecule has 1 fully saturated rings. The van der Waals surface area contributed by atoms with Crippen molar-refractivity contribution < 1.29 is 19.4 Å². The highest BCUT2D eigenvalue weighted by Crippen LogP contribution is 2.32. The Bertz CT molecular complexity index is 732. The first-order valence-corrected chi connectivity index (χ1v) is 7.61. The average Bonchev–Trinajstić information content (AvgIpc) is 3.05. The van der Waals surface area contributed by atoms with Crippen molar-refractivity contribution in [1.29, 1.82) is 0 Å². The second-order valence-corrected chi connectivity index (χ2v) is 5.69. The van der Waals surface area contributed by atoms with Crippen LogP contribution >= 0.6 is 0 Å². The molecular weight excluding hydrogens is 297 g/mol. The van der Waals surface area contributed by atoms with Gasteiger partial charge in [0.25, 0.3) is 5.91 Å². The summed E-state index contributed by atoms with van der Waals surface area (Å²) in [6.07, 6.45) is 1.67. The number of aromatic hydroxyl groups is 1. The molecule has 0 radical (unpaired) electrons. The van der Waals surface area contributed by atoms with Crippen LogP contribution in [0, 0.1) is 5.82 Å². The Labute approximate surface area is 133 Å². The molecule has 2 aromatic carbocycles. The number of carbonyl (C=O) groups excluding carboxylic acids is 1. The maximum atomic E-state index is 13.5. The van der Waals surface area contributed by atoms with E-state index in [1.807, 2.05) is 0 Å². The molecule has 0 unspecified atom stereocenters. The molecule has 0 saturated carbocycles. The number of amides is 1. The van der Waals surface area contributed by atoms with E-state index in [4.69, 9.17) is 0 Å². The van der Waals surface area contributed by atoms with Crippen molar-refractivity contribution in [3.8, 4) is 16.9 Å². The number of aliphatic hydroxyl groups excluding tert-OH is 1. The van der Waals surface area contributed by atoms with Crippen LogP contribution in [0.1, 0.15) is 23.2 Å². The number of phenols is 1. The minimum Gasteiger partial charge on any atom is -0.504 e. The molecule has 0 spiro atoms. The first-order valence-electron chi connectivity index (χ1n) is 7.61. The standard InChI is InChI=1S/C18H18FNO3/c19-16-8-2-7-15(17(16)22)12-4-1-5-13(10-12)18(23)20-9-3-6-14(20)11-21/h1-2,4-5,7-8,10,14,21-22H,3,6,9,11H2/t14-/m0/s1. The Morgan fingerprint density at radius 3 is 2.83 bits per heavy atom. The molecule has 120 valence electrons. The van der Waals surface area contributed by atoms with Gasteiger partial charge in [-0.25, -0.2) is 4.39 Å². The lowest BCUT2D eigenvalue weighted by molar-refractivity contribution is 0.0677. The largest absolute Gasteiger partial charge is 0.504 e. The Morgan fingerprint density at radius 2 is 2.04 bits per heavy atom. The van der Waals surface area contributed by atoms with E-state index in [9.17, 15) is 19.4 Å². The molecule has 3 rings (SSSR count). The lowest BCUT2D eigenvalue weighted by Crippen LogP contribution is -2.37. The Balaban J connectivity index is 1.94. The maximum absolute atomic E-state index is 13.5. The summed E-state index contributed by atoms with van der Waals surface area (Å²) in [4.78, 5) is 14.3. The molecule has 23 heavy (non-hydrogen) atoms. The molecular formula is C18H18FNO3. The summed E-state index contributed by atoms with van der Waals surface area (Å²) in [5.74, 6) is -1.27. The van der Waals surface area contributed by atoms with Gasteiger partial charge in [0.15, 0.2) is 11.6 Å². The molecule has 1 aliphatic heterocycles. The number of aliphatic hydroxyl groups is 1. The highest BCUT2D eigenvalue weighted by Gasteiger charge is 2.28. The third kappa shape index (κ3) is 2.92. The number of rotatable bonds is 3. The highest BCUT2D eigenvalue weighted by molar-refractivity contribution is 5.96. The van der Waals surface area contributed by atoms with E-state index >= 15 is 0 Å². The van der Waals surface area contributed by atoms with Crippen LogP contribution in [0.15, 0.2) is 42.5 Å². The Hall–Kier alpha value is -2.40. The number of hydrogen-bond donors (Lipinski definition) is 2. The summed E-state index contributed by atoms with van der Waals surface area (Å²) >= 11 is 0. The van der Waals surface area contributed by atoms with Crippen LogP contribution in [-0.4, -0.2) is 40.2 Å². The van der Waals surface area contributed by atoms with Gasteiger partial charge < -0.3 is 15.1 Å². The molecule has 1 heterocycles. The number of nitrogens with zero attached hydrogens (tertiary/aromatic N) is 1. The minimum atomic E-state index is -0.695. The summed E-state index contributed by atoms with van der Waals surface area (Å²) in [6, 6.07) is 10.9. The van der Waals surface area contributed by atoms with Crippen molar-refractivity contribution in [2.75, 3.05) is 13.2 Å². The van der Waals surface area contributed by atoms with E-state index in [0.717, 1.165) is 12.8 Å². The van der Waals surface area contributed by atoms with Crippen molar-refractivity contribution in [2.45, 2.75) is 18.9 Å². The molecule has 2 aromatic rings. The first kappa shape index (κ1) is 15.5. The summed E-state index contributed by atoms with van der Waals surface area (Å²) < 4.78 is 13.5. The van der Waals surface area contributed by atoms with Gasteiger partial charge in [-0.3, -0.25) is 4.79 Å². The van der Waals surface area contributed by atoms with E-state index in [2.05, 4.69) is 0 Å². The fraction of sp³-hybridized carbons (Fsp3) is 0.278. The van der Waals surface area contributed by atoms with Gasteiger partial charge in [-0.2, -0.15) is 0 Å². The van der Waals surface area contributed by atoms with E-state index in [1.54, 1.807) is 35.2 Å². The van der Waals surface area contributed by atoms with Crippen molar-refractivity contribution in [2.24, 2.45) is 0 Å². The Morgan fingerprint density at radius 1 is 1.26 bits per heavy atom. The molecule has 1 aliphatic rings. The normalized spacial score (nSPS) is 17.5. The molecule has 0 aromatic heterocycles. The number of halogens is 1. The third-order valence-electron chi connectivity index (χ3n) is 4.26. The van der Waals surface area contributed by atoms with Gasteiger partial charge in [0, 0.05) is 17.7 Å². The number of likely N-dealkylation sites (tertiary alicyclic amines) is 1. The zero-order chi connectivity index (χ0) is 16.4. The molecule has 2 N–H and O–H groups in total. The lowest BCUT2D eigenvalue weighted by atomic mass is 10.0. The van der Waals surface area contributed by atoms with Gasteiger partial charge in [0.05, 0.1) is 12.6 Å². The molecule has 0 aliphatic carbocycles. The predicted octanol–water partition coefficient (Wildman–Crippen LogP) is 2.80. The summed E-state index contributed by atoms with van der Waals surface area (Å²) in [5.41, 5.74) is 1.39. The second-order valence-electron chi connectivity index (χ2n) is 5.69.